The van der Waals surface area contributed by atoms with Gasteiger partial charge in [-0.1, -0.05) is 33.6 Å². The van der Waals surface area contributed by atoms with Crippen LogP contribution >= 0.6 is 27.5 Å². The first-order chi connectivity index (χ1) is 7.83. The molecule has 0 radical (unpaired) electrons. The molecule has 0 saturated carbocycles. The highest BCUT2D eigenvalue weighted by Gasteiger charge is 2.28. The number of benzene rings is 1. The second-order valence-corrected chi connectivity index (χ2v) is 4.95. The number of alkyl halides is 3. The quantitative estimate of drug-likeness (QED) is 0.843. The fourth-order valence-corrected chi connectivity index (χ4v) is 2.51. The van der Waals surface area contributed by atoms with Gasteiger partial charge in [0, 0.05) is 22.0 Å². The van der Waals surface area contributed by atoms with Crippen LogP contribution in [-0.2, 0) is 0 Å². The lowest BCUT2D eigenvalue weighted by Crippen LogP contribution is -2.20. The van der Waals surface area contributed by atoms with Crippen LogP contribution in [0.4, 0.5) is 13.2 Å². The van der Waals surface area contributed by atoms with Gasteiger partial charge in [-0.05, 0) is 31.2 Å². The van der Waals surface area contributed by atoms with Gasteiger partial charge in [-0.15, -0.1) is 0 Å². The van der Waals surface area contributed by atoms with E-state index in [1.807, 2.05) is 0 Å². The third kappa shape index (κ3) is 4.85. The summed E-state index contributed by atoms with van der Waals surface area (Å²) in [6, 6.07) is 4.72. The summed E-state index contributed by atoms with van der Waals surface area (Å²) < 4.78 is 37.2. The molecule has 0 aromatic heterocycles. The normalized spacial score (nSPS) is 13.8. The van der Waals surface area contributed by atoms with Gasteiger partial charge in [0.05, 0.1) is 0 Å². The van der Waals surface area contributed by atoms with Crippen molar-refractivity contribution in [3.05, 3.63) is 33.3 Å². The van der Waals surface area contributed by atoms with Crippen LogP contribution in [0.25, 0.3) is 0 Å². The molecule has 1 atom stereocenters. The number of hydrogen-bond acceptors (Lipinski definition) is 1. The maximum Gasteiger partial charge on any atom is 0.389 e. The molecule has 0 saturated heterocycles. The Morgan fingerprint density at radius 2 is 2.06 bits per heavy atom. The smallest absolute Gasteiger partial charge is 0.313 e. The van der Waals surface area contributed by atoms with E-state index in [9.17, 15) is 13.2 Å². The molecule has 0 bridgehead atoms. The summed E-state index contributed by atoms with van der Waals surface area (Å²) in [5.74, 6) is 0. The molecule has 0 amide bonds. The molecule has 1 rings (SSSR count). The van der Waals surface area contributed by atoms with E-state index in [0.29, 0.717) is 9.50 Å². The second kappa shape index (κ2) is 6.07. The van der Waals surface area contributed by atoms with Crippen molar-refractivity contribution in [3.63, 3.8) is 0 Å². The fourth-order valence-electron chi connectivity index (χ4n) is 1.55. The first-order valence-electron chi connectivity index (χ1n) is 5.02. The maximum absolute atomic E-state index is 12.2. The van der Waals surface area contributed by atoms with E-state index < -0.39 is 12.6 Å². The molecule has 0 aliphatic rings. The summed E-state index contributed by atoms with van der Waals surface area (Å²) in [4.78, 5) is 0. The summed E-state index contributed by atoms with van der Waals surface area (Å²) in [7, 11) is 1.64. The predicted octanol–water partition coefficient (Wildman–Crippen LogP) is 4.71. The SMILES string of the molecule is CNC(CCC(F)(F)F)c1ccc(Cl)cc1Br. The lowest BCUT2D eigenvalue weighted by atomic mass is 10.0. The minimum Gasteiger partial charge on any atom is -0.313 e. The van der Waals surface area contributed by atoms with Crippen LogP contribution in [0.15, 0.2) is 22.7 Å². The van der Waals surface area contributed by atoms with Crippen LogP contribution in [0.5, 0.6) is 0 Å². The third-order valence-electron chi connectivity index (χ3n) is 2.40. The topological polar surface area (TPSA) is 12.0 Å². The summed E-state index contributed by atoms with van der Waals surface area (Å²) >= 11 is 9.09. The highest BCUT2D eigenvalue weighted by atomic mass is 79.9. The monoisotopic (exact) mass is 329 g/mol. The van der Waals surface area contributed by atoms with Crippen LogP contribution in [0.3, 0.4) is 0 Å². The van der Waals surface area contributed by atoms with Crippen molar-refractivity contribution in [2.45, 2.75) is 25.1 Å². The van der Waals surface area contributed by atoms with Crippen LogP contribution in [-0.4, -0.2) is 13.2 Å². The summed E-state index contributed by atoms with van der Waals surface area (Å²) in [6.45, 7) is 0. The Bertz CT molecular complexity index is 381. The lowest BCUT2D eigenvalue weighted by Gasteiger charge is -2.19. The van der Waals surface area contributed by atoms with Crippen LogP contribution in [0, 0.1) is 0 Å². The van der Waals surface area contributed by atoms with Crippen molar-refractivity contribution in [2.75, 3.05) is 7.05 Å². The zero-order valence-corrected chi connectivity index (χ0v) is 11.5. The largest absolute Gasteiger partial charge is 0.389 e. The zero-order valence-electron chi connectivity index (χ0n) is 9.11. The average molecular weight is 331 g/mol. The van der Waals surface area contributed by atoms with Crippen LogP contribution in [0.2, 0.25) is 5.02 Å². The molecule has 0 heterocycles. The minimum atomic E-state index is -4.13. The number of hydrogen-bond donors (Lipinski definition) is 1. The summed E-state index contributed by atoms with van der Waals surface area (Å²) in [5.41, 5.74) is 0.779. The van der Waals surface area contributed by atoms with E-state index in [1.54, 1.807) is 25.2 Å². The molecular weight excluding hydrogens is 318 g/mol. The van der Waals surface area contributed by atoms with E-state index in [4.69, 9.17) is 11.6 Å². The molecule has 1 unspecified atom stereocenters. The Hall–Kier alpha value is -0.260. The van der Waals surface area contributed by atoms with Gasteiger partial charge >= 0.3 is 6.18 Å². The molecule has 1 N–H and O–H groups in total. The Morgan fingerprint density at radius 3 is 2.53 bits per heavy atom. The Labute approximate surface area is 111 Å². The molecule has 0 aliphatic carbocycles. The average Bonchev–Trinajstić information content (AvgIpc) is 2.19. The predicted molar refractivity (Wildman–Crippen MR) is 66.2 cm³/mol. The van der Waals surface area contributed by atoms with E-state index in [0.717, 1.165) is 5.56 Å². The minimum absolute atomic E-state index is 0.000231. The molecule has 6 heteroatoms. The zero-order chi connectivity index (χ0) is 13.1. The molecule has 1 aromatic carbocycles. The molecule has 1 nitrogen and oxygen atoms in total. The van der Waals surface area contributed by atoms with Crippen LogP contribution in [0.1, 0.15) is 24.4 Å². The van der Waals surface area contributed by atoms with Gasteiger partial charge in [-0.25, -0.2) is 0 Å². The van der Waals surface area contributed by atoms with Crippen molar-refractivity contribution in [1.29, 1.82) is 0 Å². The molecule has 0 fully saturated rings. The van der Waals surface area contributed by atoms with Gasteiger partial charge < -0.3 is 5.32 Å². The molecule has 0 spiro atoms. The van der Waals surface area contributed by atoms with Gasteiger partial charge in [0.1, 0.15) is 0 Å². The van der Waals surface area contributed by atoms with Gasteiger partial charge in [-0.2, -0.15) is 13.2 Å². The number of halogens is 5. The Morgan fingerprint density at radius 1 is 1.41 bits per heavy atom. The van der Waals surface area contributed by atoms with Gasteiger partial charge in [-0.3, -0.25) is 0 Å². The number of nitrogens with one attached hydrogen (secondary N) is 1. The van der Waals surface area contributed by atoms with Gasteiger partial charge in [0.15, 0.2) is 0 Å². The molecule has 0 aliphatic heterocycles. The van der Waals surface area contributed by atoms with Crippen molar-refractivity contribution >= 4 is 27.5 Å². The fraction of sp³-hybridized carbons (Fsp3) is 0.455. The van der Waals surface area contributed by atoms with E-state index in [1.165, 1.54) is 0 Å². The van der Waals surface area contributed by atoms with E-state index in [2.05, 4.69) is 21.2 Å². The molecule has 96 valence electrons. The Balaban J connectivity index is 2.79. The second-order valence-electron chi connectivity index (χ2n) is 3.66. The Kier molecular flexibility index (Phi) is 5.28. The third-order valence-corrected chi connectivity index (χ3v) is 3.32. The van der Waals surface area contributed by atoms with Gasteiger partial charge in [0.25, 0.3) is 0 Å². The first-order valence-corrected chi connectivity index (χ1v) is 6.19. The van der Waals surface area contributed by atoms with Gasteiger partial charge in [0.2, 0.25) is 0 Å². The van der Waals surface area contributed by atoms with E-state index in [-0.39, 0.29) is 12.5 Å². The molecule has 1 aromatic rings. The standard InChI is InChI=1S/C11H12BrClF3N/c1-17-10(4-5-11(14,15)16)8-3-2-7(13)6-9(8)12/h2-3,6,10,17H,4-5H2,1H3. The van der Waals surface area contributed by atoms with Crippen LogP contribution < -0.4 is 5.32 Å². The first kappa shape index (κ1) is 14.8. The summed E-state index contributed by atoms with van der Waals surface area (Å²) in [6.07, 6.45) is -4.94. The maximum atomic E-state index is 12.2. The number of rotatable bonds is 4. The molecular formula is C11H12BrClF3N. The van der Waals surface area contributed by atoms with Crippen molar-refractivity contribution in [2.24, 2.45) is 0 Å². The van der Waals surface area contributed by atoms with E-state index >= 15 is 0 Å². The lowest BCUT2D eigenvalue weighted by molar-refractivity contribution is -0.136. The van der Waals surface area contributed by atoms with Crippen molar-refractivity contribution in [1.82, 2.24) is 5.32 Å². The summed E-state index contributed by atoms with van der Waals surface area (Å²) in [5, 5.41) is 3.43. The highest BCUT2D eigenvalue weighted by molar-refractivity contribution is 9.10. The van der Waals surface area contributed by atoms with Crippen molar-refractivity contribution < 1.29 is 13.2 Å². The van der Waals surface area contributed by atoms with Crippen molar-refractivity contribution in [3.8, 4) is 0 Å². The molecule has 17 heavy (non-hydrogen) atoms. The highest BCUT2D eigenvalue weighted by Crippen LogP contribution is 2.32.